The summed E-state index contributed by atoms with van der Waals surface area (Å²) < 4.78 is 12.7. The van der Waals surface area contributed by atoms with Gasteiger partial charge in [-0.1, -0.05) is 52.8 Å². The number of hydrogen-bond acceptors (Lipinski definition) is 4. The average Bonchev–Trinajstić information content (AvgIpc) is 3.09. The third-order valence-corrected chi connectivity index (χ3v) is 13.0. The number of aliphatic hydroxyl groups excluding tert-OH is 1. The van der Waals surface area contributed by atoms with Gasteiger partial charge < -0.3 is 14.6 Å². The SMILES string of the molecule is C=C(C)OC1C[C@@]2(C)[C@H](C[C@@H](O)[C@H]3[C@@]4(C)CC[C@@H](C)[C@H](C)[C@@H]4CC[C@@]32C)[C@H]1C(CCC=C(C)C)C(=O)OC(C)(C)C. The number of allylic oxidation sites excluding steroid dienone is 3. The average molecular weight is 571 g/mol. The van der Waals surface area contributed by atoms with E-state index in [0.29, 0.717) is 17.6 Å². The van der Waals surface area contributed by atoms with Crippen LogP contribution in [0.4, 0.5) is 0 Å². The first kappa shape index (κ1) is 32.6. The maximum atomic E-state index is 14.0. The fourth-order valence-corrected chi connectivity index (χ4v) is 11.0. The molecule has 0 heterocycles. The molecule has 4 nitrogen and oxygen atoms in total. The van der Waals surface area contributed by atoms with Crippen molar-refractivity contribution in [3.05, 3.63) is 24.0 Å². The van der Waals surface area contributed by atoms with Crippen molar-refractivity contribution in [2.24, 2.45) is 57.7 Å². The van der Waals surface area contributed by atoms with E-state index < -0.39 is 5.60 Å². The summed E-state index contributed by atoms with van der Waals surface area (Å²) in [5, 5.41) is 12.2. The highest BCUT2D eigenvalue weighted by Crippen LogP contribution is 2.75. The van der Waals surface area contributed by atoms with Crippen LogP contribution >= 0.6 is 0 Å². The lowest BCUT2D eigenvalue weighted by molar-refractivity contribution is -0.236. The Labute approximate surface area is 252 Å². The minimum Gasteiger partial charge on any atom is -0.495 e. The van der Waals surface area contributed by atoms with Gasteiger partial charge in [0.25, 0.3) is 0 Å². The Bertz CT molecular complexity index is 1020. The Morgan fingerprint density at radius 2 is 1.71 bits per heavy atom. The van der Waals surface area contributed by atoms with Crippen LogP contribution in [-0.2, 0) is 14.3 Å². The molecule has 0 aromatic carbocycles. The zero-order valence-electron chi connectivity index (χ0n) is 28.3. The molecule has 0 aromatic rings. The number of rotatable bonds is 7. The first-order valence-corrected chi connectivity index (χ1v) is 16.7. The van der Waals surface area contributed by atoms with Gasteiger partial charge in [0.15, 0.2) is 0 Å². The van der Waals surface area contributed by atoms with Crippen molar-refractivity contribution < 1.29 is 19.4 Å². The second-order valence-corrected chi connectivity index (χ2v) is 16.9. The highest BCUT2D eigenvalue weighted by molar-refractivity contribution is 5.73. The van der Waals surface area contributed by atoms with Crippen LogP contribution in [0, 0.1) is 57.7 Å². The maximum absolute atomic E-state index is 14.0. The van der Waals surface area contributed by atoms with Gasteiger partial charge in [-0.05, 0) is 139 Å². The lowest BCUT2D eigenvalue weighted by Gasteiger charge is -2.69. The highest BCUT2D eigenvalue weighted by atomic mass is 16.6. The molecular weight excluding hydrogens is 508 g/mol. The smallest absolute Gasteiger partial charge is 0.309 e. The minimum absolute atomic E-state index is 0.0135. The Kier molecular flexibility index (Phi) is 9.01. The molecule has 4 aliphatic rings. The first-order chi connectivity index (χ1) is 18.9. The van der Waals surface area contributed by atoms with Crippen LogP contribution in [0.5, 0.6) is 0 Å². The molecule has 41 heavy (non-hydrogen) atoms. The summed E-state index contributed by atoms with van der Waals surface area (Å²) in [5.74, 6) is 2.86. The normalized spacial score (nSPS) is 44.6. The topological polar surface area (TPSA) is 55.8 Å². The molecule has 12 atom stereocenters. The molecule has 0 amide bonds. The van der Waals surface area contributed by atoms with Crippen molar-refractivity contribution in [3.8, 4) is 0 Å². The molecule has 1 N–H and O–H groups in total. The fraction of sp³-hybridized carbons (Fsp3) is 0.865. The van der Waals surface area contributed by atoms with Gasteiger partial charge in [-0.2, -0.15) is 0 Å². The molecule has 0 spiro atoms. The quantitative estimate of drug-likeness (QED) is 0.188. The molecule has 4 heteroatoms. The Hall–Kier alpha value is -1.29. The summed E-state index contributed by atoms with van der Waals surface area (Å²) in [5.41, 5.74) is 0.791. The predicted molar refractivity (Wildman–Crippen MR) is 168 cm³/mol. The molecular formula is C37H62O4. The number of carbonyl (C=O) groups is 1. The van der Waals surface area contributed by atoms with Gasteiger partial charge in [-0.15, -0.1) is 0 Å². The lowest BCUT2D eigenvalue weighted by Crippen LogP contribution is -2.65. The molecule has 4 rings (SSSR count). The number of fused-ring (bicyclic) bond motifs is 5. The van der Waals surface area contributed by atoms with Crippen LogP contribution in [0.3, 0.4) is 0 Å². The Morgan fingerprint density at radius 1 is 1.05 bits per heavy atom. The van der Waals surface area contributed by atoms with Gasteiger partial charge in [-0.25, -0.2) is 0 Å². The zero-order chi connectivity index (χ0) is 30.7. The second kappa shape index (κ2) is 11.3. The summed E-state index contributed by atoms with van der Waals surface area (Å²) in [6.07, 6.45) is 9.82. The van der Waals surface area contributed by atoms with Crippen LogP contribution in [0.2, 0.25) is 0 Å². The van der Waals surface area contributed by atoms with Crippen LogP contribution in [-0.4, -0.2) is 28.9 Å². The van der Waals surface area contributed by atoms with Crippen molar-refractivity contribution in [2.75, 3.05) is 0 Å². The maximum Gasteiger partial charge on any atom is 0.309 e. The minimum atomic E-state index is -0.552. The molecule has 4 fully saturated rings. The summed E-state index contributed by atoms with van der Waals surface area (Å²) in [6, 6.07) is 0. The van der Waals surface area contributed by atoms with E-state index >= 15 is 0 Å². The number of hydrogen-bond donors (Lipinski definition) is 1. The van der Waals surface area contributed by atoms with Gasteiger partial charge in [0.1, 0.15) is 11.7 Å². The van der Waals surface area contributed by atoms with E-state index in [1.54, 1.807) is 0 Å². The molecule has 2 unspecified atom stereocenters. The number of ether oxygens (including phenoxy) is 2. The predicted octanol–water partition coefficient (Wildman–Crippen LogP) is 9.12. The van der Waals surface area contributed by atoms with Crippen LogP contribution < -0.4 is 0 Å². The number of aliphatic hydroxyl groups is 1. The molecule has 0 radical (unpaired) electrons. The van der Waals surface area contributed by atoms with Crippen molar-refractivity contribution in [2.45, 2.75) is 145 Å². The van der Waals surface area contributed by atoms with Crippen molar-refractivity contribution >= 4 is 5.97 Å². The van der Waals surface area contributed by atoms with E-state index in [1.807, 2.05) is 27.7 Å². The van der Waals surface area contributed by atoms with E-state index in [9.17, 15) is 9.90 Å². The van der Waals surface area contributed by atoms with E-state index in [-0.39, 0.29) is 58.1 Å². The van der Waals surface area contributed by atoms with E-state index in [4.69, 9.17) is 9.47 Å². The summed E-state index contributed by atoms with van der Waals surface area (Å²) in [7, 11) is 0. The van der Waals surface area contributed by atoms with Gasteiger partial charge >= 0.3 is 5.97 Å². The van der Waals surface area contributed by atoms with Crippen molar-refractivity contribution in [1.29, 1.82) is 0 Å². The van der Waals surface area contributed by atoms with E-state index in [2.05, 4.69) is 61.1 Å². The van der Waals surface area contributed by atoms with Gasteiger partial charge in [0.05, 0.1) is 17.8 Å². The highest BCUT2D eigenvalue weighted by Gasteiger charge is 2.72. The van der Waals surface area contributed by atoms with Gasteiger partial charge in [-0.3, -0.25) is 4.79 Å². The van der Waals surface area contributed by atoms with E-state index in [0.717, 1.165) is 38.0 Å². The standard InChI is InChI=1S/C37H62O4/c1-22(2)14-13-15-26(33(39)41-34(7,8)9)31-28-20-29(38)32-35(10)18-16-24(5)25(6)27(35)17-19-36(32,11)37(28,12)21-30(31)40-23(3)4/h14,24-32,38H,3,13,15-21H2,1-2,4-12H3/t24-,25+,26?,27+,28-,29-,30?,31-,32+,35+,36+,37+/m1/s1. The Balaban J connectivity index is 1.78. The molecule has 0 saturated heterocycles. The van der Waals surface area contributed by atoms with Crippen LogP contribution in [0.25, 0.3) is 0 Å². The monoisotopic (exact) mass is 570 g/mol. The molecule has 234 valence electrons. The first-order valence-electron chi connectivity index (χ1n) is 16.7. The molecule has 4 aliphatic carbocycles. The summed E-state index contributed by atoms with van der Waals surface area (Å²) in [6.45, 7) is 28.6. The van der Waals surface area contributed by atoms with Crippen LogP contribution in [0.15, 0.2) is 24.0 Å². The number of carbonyl (C=O) groups excluding carboxylic acids is 1. The van der Waals surface area contributed by atoms with Crippen molar-refractivity contribution in [3.63, 3.8) is 0 Å². The van der Waals surface area contributed by atoms with Crippen LogP contribution in [0.1, 0.15) is 128 Å². The molecule has 0 aliphatic heterocycles. The second-order valence-electron chi connectivity index (χ2n) is 16.9. The zero-order valence-corrected chi connectivity index (χ0v) is 28.3. The fourth-order valence-electron chi connectivity index (χ4n) is 11.0. The van der Waals surface area contributed by atoms with Crippen molar-refractivity contribution in [1.82, 2.24) is 0 Å². The summed E-state index contributed by atoms with van der Waals surface area (Å²) in [4.78, 5) is 14.0. The largest absolute Gasteiger partial charge is 0.495 e. The third-order valence-electron chi connectivity index (χ3n) is 13.0. The van der Waals surface area contributed by atoms with E-state index in [1.165, 1.54) is 24.8 Å². The lowest BCUT2D eigenvalue weighted by atomic mass is 9.36. The Morgan fingerprint density at radius 3 is 2.29 bits per heavy atom. The number of esters is 1. The summed E-state index contributed by atoms with van der Waals surface area (Å²) >= 11 is 0. The molecule has 4 saturated carbocycles. The molecule has 0 bridgehead atoms. The molecule has 0 aromatic heterocycles. The third kappa shape index (κ3) is 5.69. The van der Waals surface area contributed by atoms with Gasteiger partial charge in [0, 0.05) is 5.92 Å². The van der Waals surface area contributed by atoms with Gasteiger partial charge in [0.2, 0.25) is 0 Å².